The molecule has 0 unspecified atom stereocenters. The van der Waals surface area contributed by atoms with Gasteiger partial charge in [-0.05, 0) is 49.6 Å². The average molecular weight is 298 g/mol. The number of aryl methyl sites for hydroxylation is 1. The van der Waals surface area contributed by atoms with E-state index in [0.717, 1.165) is 18.5 Å². The van der Waals surface area contributed by atoms with Gasteiger partial charge in [-0.15, -0.1) is 10.2 Å². The maximum absolute atomic E-state index is 12.0. The third-order valence-corrected chi connectivity index (χ3v) is 3.56. The number of benzene rings is 1. The Morgan fingerprint density at radius 2 is 1.77 bits per heavy atom. The number of carbonyl (C=O) groups is 1. The van der Waals surface area contributed by atoms with E-state index in [0.29, 0.717) is 11.6 Å². The van der Waals surface area contributed by atoms with Gasteiger partial charge in [0.15, 0.2) is 11.6 Å². The molecule has 0 aliphatic heterocycles. The molecule has 5 heteroatoms. The standard InChI is InChI=1S/C17H22N4O/c1-4-13(5-2)17(22)19-16-10-9-15(20-21-16)18-14-8-6-7-12(3)11-14/h6-11,13H,4-5H2,1-3H3,(H,18,20)(H,19,21,22). The summed E-state index contributed by atoms with van der Waals surface area (Å²) in [5, 5.41) is 14.1. The molecular weight excluding hydrogens is 276 g/mol. The van der Waals surface area contributed by atoms with Gasteiger partial charge < -0.3 is 10.6 Å². The molecule has 1 aromatic carbocycles. The first kappa shape index (κ1) is 15.9. The molecule has 0 spiro atoms. The second-order valence-corrected chi connectivity index (χ2v) is 5.30. The predicted octanol–water partition coefficient (Wildman–Crippen LogP) is 3.90. The summed E-state index contributed by atoms with van der Waals surface area (Å²) in [6.07, 6.45) is 1.64. The van der Waals surface area contributed by atoms with E-state index in [1.54, 1.807) is 12.1 Å². The van der Waals surface area contributed by atoms with Gasteiger partial charge in [0.05, 0.1) is 0 Å². The summed E-state index contributed by atoms with van der Waals surface area (Å²) in [7, 11) is 0. The summed E-state index contributed by atoms with van der Waals surface area (Å²) in [5.74, 6) is 1.14. The zero-order valence-electron chi connectivity index (χ0n) is 13.3. The Kier molecular flexibility index (Phi) is 5.47. The number of anilines is 3. The van der Waals surface area contributed by atoms with Crippen LogP contribution in [0.1, 0.15) is 32.3 Å². The molecule has 2 N–H and O–H groups in total. The highest BCUT2D eigenvalue weighted by molar-refractivity contribution is 5.91. The molecule has 0 saturated carbocycles. The number of amides is 1. The molecule has 0 aliphatic carbocycles. The molecule has 0 aliphatic rings. The lowest BCUT2D eigenvalue weighted by atomic mass is 10.0. The van der Waals surface area contributed by atoms with Gasteiger partial charge in [0, 0.05) is 11.6 Å². The third-order valence-electron chi connectivity index (χ3n) is 3.56. The van der Waals surface area contributed by atoms with Gasteiger partial charge in [-0.1, -0.05) is 26.0 Å². The molecule has 22 heavy (non-hydrogen) atoms. The van der Waals surface area contributed by atoms with Crippen LogP contribution in [0, 0.1) is 12.8 Å². The Labute approximate surface area is 131 Å². The molecule has 0 saturated heterocycles. The van der Waals surface area contributed by atoms with E-state index < -0.39 is 0 Å². The Hall–Kier alpha value is -2.43. The van der Waals surface area contributed by atoms with Crippen LogP contribution in [0.3, 0.4) is 0 Å². The first-order valence-electron chi connectivity index (χ1n) is 7.60. The van der Waals surface area contributed by atoms with Gasteiger partial charge in [-0.2, -0.15) is 0 Å². The van der Waals surface area contributed by atoms with Crippen molar-refractivity contribution in [3.8, 4) is 0 Å². The number of nitrogens with zero attached hydrogens (tertiary/aromatic N) is 2. The molecular formula is C17H22N4O. The minimum Gasteiger partial charge on any atom is -0.339 e. The minimum atomic E-state index is -0.00121. The number of nitrogens with one attached hydrogen (secondary N) is 2. The fourth-order valence-corrected chi connectivity index (χ4v) is 2.22. The SMILES string of the molecule is CCC(CC)C(=O)Nc1ccc(Nc2cccc(C)c2)nn1. The largest absolute Gasteiger partial charge is 0.339 e. The maximum Gasteiger partial charge on any atom is 0.228 e. The van der Waals surface area contributed by atoms with Crippen molar-refractivity contribution in [3.63, 3.8) is 0 Å². The van der Waals surface area contributed by atoms with Gasteiger partial charge in [-0.3, -0.25) is 4.79 Å². The van der Waals surface area contributed by atoms with E-state index in [1.807, 2.05) is 45.0 Å². The maximum atomic E-state index is 12.0. The first-order chi connectivity index (χ1) is 10.6. The zero-order valence-corrected chi connectivity index (χ0v) is 13.3. The Balaban J connectivity index is 2.00. The fraction of sp³-hybridized carbons (Fsp3) is 0.353. The fourth-order valence-electron chi connectivity index (χ4n) is 2.22. The van der Waals surface area contributed by atoms with Gasteiger partial charge in [-0.25, -0.2) is 0 Å². The first-order valence-corrected chi connectivity index (χ1v) is 7.60. The lowest BCUT2D eigenvalue weighted by Crippen LogP contribution is -2.22. The summed E-state index contributed by atoms with van der Waals surface area (Å²) in [4.78, 5) is 12.0. The number of hydrogen-bond acceptors (Lipinski definition) is 4. The molecule has 0 atom stereocenters. The minimum absolute atomic E-state index is 0.00121. The number of rotatable bonds is 6. The molecule has 116 valence electrons. The Morgan fingerprint density at radius 1 is 1.09 bits per heavy atom. The van der Waals surface area contributed by atoms with Crippen molar-refractivity contribution in [2.45, 2.75) is 33.6 Å². The van der Waals surface area contributed by atoms with Crippen molar-refractivity contribution in [3.05, 3.63) is 42.0 Å². The number of carbonyl (C=O) groups excluding carboxylic acids is 1. The van der Waals surface area contributed by atoms with E-state index in [-0.39, 0.29) is 11.8 Å². The smallest absolute Gasteiger partial charge is 0.228 e. The van der Waals surface area contributed by atoms with Crippen molar-refractivity contribution >= 4 is 23.2 Å². The van der Waals surface area contributed by atoms with E-state index in [2.05, 4.69) is 20.8 Å². The monoisotopic (exact) mass is 298 g/mol. The summed E-state index contributed by atoms with van der Waals surface area (Å²) in [5.41, 5.74) is 2.13. The molecule has 1 heterocycles. The van der Waals surface area contributed by atoms with Crippen LogP contribution < -0.4 is 10.6 Å². The van der Waals surface area contributed by atoms with Crippen LogP contribution in [0.4, 0.5) is 17.3 Å². The lowest BCUT2D eigenvalue weighted by molar-refractivity contribution is -0.120. The van der Waals surface area contributed by atoms with E-state index in [1.165, 1.54) is 5.56 Å². The molecule has 2 aromatic rings. The predicted molar refractivity (Wildman–Crippen MR) is 89.2 cm³/mol. The van der Waals surface area contributed by atoms with Crippen molar-refractivity contribution in [1.29, 1.82) is 0 Å². The Bertz CT molecular complexity index is 621. The van der Waals surface area contributed by atoms with Crippen molar-refractivity contribution in [2.75, 3.05) is 10.6 Å². The quantitative estimate of drug-likeness (QED) is 0.848. The van der Waals surface area contributed by atoms with Crippen LogP contribution in [0.5, 0.6) is 0 Å². The number of hydrogen-bond donors (Lipinski definition) is 2. The van der Waals surface area contributed by atoms with Gasteiger partial charge in [0.1, 0.15) is 0 Å². The second kappa shape index (κ2) is 7.54. The molecule has 0 radical (unpaired) electrons. The lowest BCUT2D eigenvalue weighted by Gasteiger charge is -2.12. The van der Waals surface area contributed by atoms with Crippen molar-refractivity contribution in [1.82, 2.24) is 10.2 Å². The van der Waals surface area contributed by atoms with Crippen molar-refractivity contribution in [2.24, 2.45) is 5.92 Å². The highest BCUT2D eigenvalue weighted by Gasteiger charge is 2.14. The van der Waals surface area contributed by atoms with E-state index in [4.69, 9.17) is 0 Å². The molecule has 2 rings (SSSR count). The molecule has 0 fully saturated rings. The highest BCUT2D eigenvalue weighted by Crippen LogP contribution is 2.16. The van der Waals surface area contributed by atoms with E-state index in [9.17, 15) is 4.79 Å². The van der Waals surface area contributed by atoms with Crippen LogP contribution >= 0.6 is 0 Å². The summed E-state index contributed by atoms with van der Waals surface area (Å²) in [6, 6.07) is 11.6. The molecule has 1 amide bonds. The summed E-state index contributed by atoms with van der Waals surface area (Å²) >= 11 is 0. The van der Waals surface area contributed by atoms with Crippen LogP contribution in [0.25, 0.3) is 0 Å². The van der Waals surface area contributed by atoms with Crippen LogP contribution in [-0.4, -0.2) is 16.1 Å². The van der Waals surface area contributed by atoms with Crippen LogP contribution in [0.15, 0.2) is 36.4 Å². The van der Waals surface area contributed by atoms with Gasteiger partial charge in [0.25, 0.3) is 0 Å². The van der Waals surface area contributed by atoms with Crippen LogP contribution in [0.2, 0.25) is 0 Å². The van der Waals surface area contributed by atoms with Crippen LogP contribution in [-0.2, 0) is 4.79 Å². The average Bonchev–Trinajstić information content (AvgIpc) is 2.50. The zero-order chi connectivity index (χ0) is 15.9. The number of aromatic nitrogens is 2. The molecule has 0 bridgehead atoms. The van der Waals surface area contributed by atoms with Gasteiger partial charge in [0.2, 0.25) is 5.91 Å². The third kappa shape index (κ3) is 4.28. The Morgan fingerprint density at radius 3 is 2.36 bits per heavy atom. The summed E-state index contributed by atoms with van der Waals surface area (Å²) in [6.45, 7) is 6.05. The summed E-state index contributed by atoms with van der Waals surface area (Å²) < 4.78 is 0. The van der Waals surface area contributed by atoms with Crippen molar-refractivity contribution < 1.29 is 4.79 Å². The normalized spacial score (nSPS) is 10.5. The topological polar surface area (TPSA) is 66.9 Å². The molecule has 1 aromatic heterocycles. The second-order valence-electron chi connectivity index (χ2n) is 5.30. The molecule has 5 nitrogen and oxygen atoms in total. The van der Waals surface area contributed by atoms with E-state index >= 15 is 0 Å². The van der Waals surface area contributed by atoms with Gasteiger partial charge >= 0.3 is 0 Å². The highest BCUT2D eigenvalue weighted by atomic mass is 16.1.